The summed E-state index contributed by atoms with van der Waals surface area (Å²) in [5, 5.41) is 25.2. The van der Waals surface area contributed by atoms with Crippen molar-refractivity contribution in [2.24, 2.45) is 35.3 Å². The molecule has 0 bridgehead atoms. The molecule has 0 radical (unpaired) electrons. The highest BCUT2D eigenvalue weighted by Crippen LogP contribution is 2.13. The van der Waals surface area contributed by atoms with Gasteiger partial charge in [-0.15, -0.1) is 0 Å². The smallest absolute Gasteiger partial charge is 0.326 e. The molecule has 0 aliphatic rings. The second-order valence-electron chi connectivity index (χ2n) is 14.4. The van der Waals surface area contributed by atoms with E-state index >= 15 is 0 Å². The first-order chi connectivity index (χ1) is 24.2. The van der Waals surface area contributed by atoms with Crippen molar-refractivity contribution < 1.29 is 38.7 Å². The van der Waals surface area contributed by atoms with Gasteiger partial charge in [0.05, 0.1) is 18.9 Å². The Hall–Kier alpha value is -4.54. The van der Waals surface area contributed by atoms with Crippen LogP contribution in [0.1, 0.15) is 87.8 Å². The summed E-state index contributed by atoms with van der Waals surface area (Å²) in [6, 6.07) is -6.34. The van der Waals surface area contributed by atoms with E-state index in [9.17, 15) is 38.7 Å². The van der Waals surface area contributed by atoms with Gasteiger partial charge in [0.1, 0.15) is 30.2 Å². The van der Waals surface area contributed by atoms with Crippen LogP contribution in [-0.4, -0.2) is 99.3 Å². The first kappa shape index (κ1) is 45.5. The van der Waals surface area contributed by atoms with Crippen molar-refractivity contribution in [3.05, 3.63) is 18.2 Å². The van der Waals surface area contributed by atoms with E-state index in [-0.39, 0.29) is 24.2 Å². The number of carbonyl (C=O) groups is 7. The maximum Gasteiger partial charge on any atom is 0.326 e. The first-order valence-electron chi connectivity index (χ1n) is 18.0. The Kier molecular flexibility index (Phi) is 19.0. The number of carboxylic acids is 1. The highest BCUT2D eigenvalue weighted by atomic mass is 16.4. The van der Waals surface area contributed by atoms with Crippen molar-refractivity contribution in [2.45, 2.75) is 125 Å². The second-order valence-corrected chi connectivity index (χ2v) is 14.4. The molecule has 6 amide bonds. The number of carboxylic acid groups (broad SMARTS) is 1. The lowest BCUT2D eigenvalue weighted by atomic mass is 9.95. The molecular weight excluding hydrogens is 674 g/mol. The first-order valence-corrected chi connectivity index (χ1v) is 18.0. The SMILES string of the molecule is CC[C@H](C)[C@H](N)C(=O)N[C@H](C(=O)N[C@H](C(=O)N[C@H](C(=O)NCC(=O)N[C@@H](Cc1cnc[nH]1)C(=O)N[C@H](C(=O)O)C(C)C)[C@@H](C)CC)C(C)C)C(C)C. The summed E-state index contributed by atoms with van der Waals surface area (Å²) in [6.07, 6.45) is 3.98. The highest BCUT2D eigenvalue weighted by molar-refractivity contribution is 5.96. The van der Waals surface area contributed by atoms with Crippen LogP contribution in [0.4, 0.5) is 0 Å². The number of imidazole rings is 1. The largest absolute Gasteiger partial charge is 0.480 e. The summed E-state index contributed by atoms with van der Waals surface area (Å²) in [6.45, 7) is 17.0. The Balaban J connectivity index is 3.06. The molecule has 0 saturated heterocycles. The molecule has 17 nitrogen and oxygen atoms in total. The van der Waals surface area contributed by atoms with Crippen LogP contribution in [0.3, 0.4) is 0 Å². The number of nitrogens with two attached hydrogens (primary N) is 1. The van der Waals surface area contributed by atoms with Crippen LogP contribution in [0.25, 0.3) is 0 Å². The predicted octanol–water partition coefficient (Wildman–Crippen LogP) is -0.0355. The zero-order valence-electron chi connectivity index (χ0n) is 32.2. The molecule has 0 fully saturated rings. The van der Waals surface area contributed by atoms with E-state index in [2.05, 4.69) is 41.9 Å². The molecule has 0 aliphatic carbocycles. The average Bonchev–Trinajstić information content (AvgIpc) is 3.60. The quantitative estimate of drug-likeness (QED) is 0.0767. The van der Waals surface area contributed by atoms with E-state index in [1.165, 1.54) is 12.5 Å². The monoisotopic (exact) mass is 735 g/mol. The molecule has 10 N–H and O–H groups in total. The molecule has 1 aromatic heterocycles. The summed E-state index contributed by atoms with van der Waals surface area (Å²) in [4.78, 5) is 97.8. The third-order valence-corrected chi connectivity index (χ3v) is 9.13. The van der Waals surface area contributed by atoms with E-state index in [0.717, 1.165) is 0 Å². The van der Waals surface area contributed by atoms with Crippen LogP contribution in [0.2, 0.25) is 0 Å². The number of hydrogen-bond donors (Lipinski definition) is 9. The maximum atomic E-state index is 13.6. The summed E-state index contributed by atoms with van der Waals surface area (Å²) < 4.78 is 0. The molecule has 0 aromatic carbocycles. The average molecular weight is 736 g/mol. The molecule has 1 rings (SSSR count). The molecule has 17 heteroatoms. The lowest BCUT2D eigenvalue weighted by molar-refractivity contribution is -0.143. The Labute approximate surface area is 306 Å². The Bertz CT molecular complexity index is 1350. The number of H-pyrrole nitrogens is 1. The molecule has 8 atom stereocenters. The van der Waals surface area contributed by atoms with Gasteiger partial charge in [-0.25, -0.2) is 9.78 Å². The van der Waals surface area contributed by atoms with Crippen LogP contribution in [-0.2, 0) is 40.0 Å². The van der Waals surface area contributed by atoms with Crippen molar-refractivity contribution in [3.63, 3.8) is 0 Å². The number of carbonyl (C=O) groups excluding carboxylic acids is 6. The molecule has 52 heavy (non-hydrogen) atoms. The van der Waals surface area contributed by atoms with Crippen molar-refractivity contribution in [1.29, 1.82) is 0 Å². The van der Waals surface area contributed by atoms with Crippen LogP contribution in [0, 0.1) is 29.6 Å². The molecule has 0 unspecified atom stereocenters. The lowest BCUT2D eigenvalue weighted by Crippen LogP contribution is -2.61. The maximum absolute atomic E-state index is 13.6. The molecule has 0 spiro atoms. The van der Waals surface area contributed by atoms with E-state index in [1.54, 1.807) is 48.5 Å². The van der Waals surface area contributed by atoms with Gasteiger partial charge in [-0.05, 0) is 29.6 Å². The van der Waals surface area contributed by atoms with E-state index < -0.39 is 96.0 Å². The molecule has 294 valence electrons. The van der Waals surface area contributed by atoms with Gasteiger partial charge in [-0.1, -0.05) is 82.1 Å². The number of aromatic amines is 1. The zero-order valence-corrected chi connectivity index (χ0v) is 32.2. The summed E-state index contributed by atoms with van der Waals surface area (Å²) in [5.74, 6) is -6.71. The van der Waals surface area contributed by atoms with Gasteiger partial charge >= 0.3 is 5.97 Å². The van der Waals surface area contributed by atoms with Gasteiger partial charge in [0.15, 0.2) is 0 Å². The fraction of sp³-hybridized carbons (Fsp3) is 0.714. The van der Waals surface area contributed by atoms with Gasteiger partial charge in [-0.3, -0.25) is 28.8 Å². The van der Waals surface area contributed by atoms with Crippen LogP contribution in [0.5, 0.6) is 0 Å². The van der Waals surface area contributed by atoms with Crippen molar-refractivity contribution in [2.75, 3.05) is 6.54 Å². The van der Waals surface area contributed by atoms with Crippen molar-refractivity contribution in [1.82, 2.24) is 41.9 Å². The minimum Gasteiger partial charge on any atom is -0.480 e. The third-order valence-electron chi connectivity index (χ3n) is 9.13. The summed E-state index contributed by atoms with van der Waals surface area (Å²) in [7, 11) is 0. The standard InChI is InChI=1S/C35H61N9O8/c1-11-20(9)25(36)31(47)41-26(17(3)4)33(49)42-27(18(5)6)34(50)44-29(21(10)12-2)32(48)38-15-24(45)40-23(13-22-14-37-16-39-22)30(46)43-28(19(7)8)35(51)52/h14,16-21,23,25-29H,11-13,15,36H2,1-10H3,(H,37,39)(H,38,48)(H,40,45)(H,41,47)(H,42,49)(H,43,46)(H,44,50)(H,51,52)/t20-,21-,23-,25-,26-,27-,28-,29-/m0/s1. The van der Waals surface area contributed by atoms with Crippen LogP contribution >= 0.6 is 0 Å². The predicted molar refractivity (Wildman–Crippen MR) is 194 cm³/mol. The summed E-state index contributed by atoms with van der Waals surface area (Å²) in [5.41, 5.74) is 6.58. The molecule has 0 saturated carbocycles. The topological polar surface area (TPSA) is 267 Å². The van der Waals surface area contributed by atoms with Crippen molar-refractivity contribution >= 4 is 41.4 Å². The number of nitrogens with zero attached hydrogens (tertiary/aromatic N) is 1. The minimum atomic E-state index is -1.23. The van der Waals surface area contributed by atoms with E-state index in [0.29, 0.717) is 18.5 Å². The molecule has 1 heterocycles. The number of hydrogen-bond acceptors (Lipinski definition) is 9. The van der Waals surface area contributed by atoms with Gasteiger partial charge in [0.25, 0.3) is 0 Å². The number of amides is 6. The van der Waals surface area contributed by atoms with Crippen LogP contribution in [0.15, 0.2) is 12.5 Å². The van der Waals surface area contributed by atoms with Crippen molar-refractivity contribution in [3.8, 4) is 0 Å². The Morgan fingerprint density at radius 2 is 1.15 bits per heavy atom. The molecular formula is C35H61N9O8. The lowest BCUT2D eigenvalue weighted by Gasteiger charge is -2.30. The summed E-state index contributed by atoms with van der Waals surface area (Å²) >= 11 is 0. The normalized spacial score (nSPS) is 16.0. The van der Waals surface area contributed by atoms with E-state index in [4.69, 9.17) is 5.73 Å². The fourth-order valence-corrected chi connectivity index (χ4v) is 5.14. The van der Waals surface area contributed by atoms with Gasteiger partial charge < -0.3 is 47.7 Å². The Morgan fingerprint density at radius 1 is 0.673 bits per heavy atom. The number of aliphatic carboxylic acids is 1. The van der Waals surface area contributed by atoms with Crippen LogP contribution < -0.4 is 37.6 Å². The number of aromatic nitrogens is 2. The number of rotatable bonds is 22. The van der Waals surface area contributed by atoms with E-state index in [1.807, 2.05) is 20.8 Å². The number of nitrogens with one attached hydrogen (secondary N) is 7. The molecule has 1 aromatic rings. The zero-order chi connectivity index (χ0) is 39.9. The molecule has 0 aliphatic heterocycles. The Morgan fingerprint density at radius 3 is 1.60 bits per heavy atom. The third kappa shape index (κ3) is 14.2. The minimum absolute atomic E-state index is 0.0319. The fourth-order valence-electron chi connectivity index (χ4n) is 5.14. The van der Waals surface area contributed by atoms with Gasteiger partial charge in [0.2, 0.25) is 35.4 Å². The van der Waals surface area contributed by atoms with Gasteiger partial charge in [0, 0.05) is 18.3 Å². The van der Waals surface area contributed by atoms with Gasteiger partial charge in [-0.2, -0.15) is 0 Å². The second kappa shape index (κ2) is 21.7. The highest BCUT2D eigenvalue weighted by Gasteiger charge is 2.35.